The SMILES string of the molecule is O=C(O)c1cc2cc(CNCC3(C4CC4)CC3)ccc2o1. The standard InChI is InChI=1S/C17H19NO3/c19-16(20)15-8-12-7-11(1-4-14(12)21-15)9-18-10-17(5-6-17)13-2-3-13/h1,4,7-8,13,18H,2-3,5-6,9-10H2,(H,19,20). The van der Waals surface area contributed by atoms with Crippen molar-refractivity contribution >= 4 is 16.9 Å². The van der Waals surface area contributed by atoms with Crippen LogP contribution in [0.5, 0.6) is 0 Å². The summed E-state index contributed by atoms with van der Waals surface area (Å²) in [6.45, 7) is 1.94. The summed E-state index contributed by atoms with van der Waals surface area (Å²) in [6, 6.07) is 7.45. The molecule has 2 saturated carbocycles. The molecule has 2 aliphatic carbocycles. The van der Waals surface area contributed by atoms with Crippen LogP contribution in [-0.2, 0) is 6.54 Å². The highest BCUT2D eigenvalue weighted by Gasteiger charge is 2.53. The van der Waals surface area contributed by atoms with Gasteiger partial charge in [-0.05, 0) is 60.8 Å². The number of furan rings is 1. The monoisotopic (exact) mass is 285 g/mol. The van der Waals surface area contributed by atoms with E-state index in [9.17, 15) is 4.79 Å². The Balaban J connectivity index is 1.42. The summed E-state index contributed by atoms with van der Waals surface area (Å²) in [5, 5.41) is 13.4. The summed E-state index contributed by atoms with van der Waals surface area (Å²) in [6.07, 6.45) is 5.60. The predicted molar refractivity (Wildman–Crippen MR) is 79.3 cm³/mol. The summed E-state index contributed by atoms with van der Waals surface area (Å²) in [4.78, 5) is 10.9. The molecule has 2 aliphatic rings. The fourth-order valence-corrected chi connectivity index (χ4v) is 3.35. The van der Waals surface area contributed by atoms with Crippen LogP contribution in [0.15, 0.2) is 28.7 Å². The molecule has 2 aromatic rings. The summed E-state index contributed by atoms with van der Waals surface area (Å²) < 4.78 is 5.27. The lowest BCUT2D eigenvalue weighted by atomic mass is 10.0. The van der Waals surface area contributed by atoms with E-state index in [0.29, 0.717) is 11.0 Å². The highest BCUT2D eigenvalue weighted by atomic mass is 16.4. The summed E-state index contributed by atoms with van der Waals surface area (Å²) >= 11 is 0. The van der Waals surface area contributed by atoms with Crippen LogP contribution in [0.4, 0.5) is 0 Å². The smallest absolute Gasteiger partial charge is 0.371 e. The number of carboxylic acids is 1. The van der Waals surface area contributed by atoms with Gasteiger partial charge in [0.1, 0.15) is 5.58 Å². The fraction of sp³-hybridized carbons (Fsp3) is 0.471. The Bertz CT molecular complexity index is 695. The van der Waals surface area contributed by atoms with Gasteiger partial charge in [-0.3, -0.25) is 0 Å². The number of nitrogens with one attached hydrogen (secondary N) is 1. The van der Waals surface area contributed by atoms with Crippen molar-refractivity contribution in [3.8, 4) is 0 Å². The minimum atomic E-state index is -1.02. The Hall–Kier alpha value is -1.81. The van der Waals surface area contributed by atoms with Gasteiger partial charge in [-0.2, -0.15) is 0 Å². The number of rotatable bonds is 6. The normalized spacial score (nSPS) is 19.8. The summed E-state index contributed by atoms with van der Waals surface area (Å²) in [7, 11) is 0. The number of carboxylic acid groups (broad SMARTS) is 1. The van der Waals surface area contributed by atoms with Gasteiger partial charge in [0.15, 0.2) is 0 Å². The van der Waals surface area contributed by atoms with Crippen molar-refractivity contribution in [3.05, 3.63) is 35.6 Å². The molecule has 0 bridgehead atoms. The largest absolute Gasteiger partial charge is 0.475 e. The zero-order valence-corrected chi connectivity index (χ0v) is 11.9. The second-order valence-electron chi connectivity index (χ2n) is 6.53. The molecule has 0 aliphatic heterocycles. The lowest BCUT2D eigenvalue weighted by molar-refractivity contribution is 0.0665. The summed E-state index contributed by atoms with van der Waals surface area (Å²) in [5.74, 6) is -0.0498. The number of aromatic carboxylic acids is 1. The van der Waals surface area contributed by atoms with Gasteiger partial charge in [0.2, 0.25) is 5.76 Å². The molecule has 0 unspecified atom stereocenters. The van der Waals surface area contributed by atoms with Gasteiger partial charge in [-0.1, -0.05) is 6.07 Å². The fourth-order valence-electron chi connectivity index (χ4n) is 3.35. The molecule has 1 heterocycles. The first-order valence-electron chi connectivity index (χ1n) is 7.63. The molecule has 0 saturated heterocycles. The Morgan fingerprint density at radius 3 is 2.81 bits per heavy atom. The van der Waals surface area contributed by atoms with Crippen molar-refractivity contribution in [1.29, 1.82) is 0 Å². The molecule has 1 aromatic carbocycles. The van der Waals surface area contributed by atoms with Gasteiger partial charge >= 0.3 is 5.97 Å². The average molecular weight is 285 g/mol. The first-order chi connectivity index (χ1) is 10.2. The summed E-state index contributed by atoms with van der Waals surface area (Å²) in [5.41, 5.74) is 2.41. The first-order valence-corrected chi connectivity index (χ1v) is 7.63. The van der Waals surface area contributed by atoms with Gasteiger partial charge < -0.3 is 14.8 Å². The maximum Gasteiger partial charge on any atom is 0.371 e. The topological polar surface area (TPSA) is 62.5 Å². The van der Waals surface area contributed by atoms with Gasteiger partial charge in [-0.25, -0.2) is 4.79 Å². The molecule has 21 heavy (non-hydrogen) atoms. The third-order valence-electron chi connectivity index (χ3n) is 4.93. The zero-order chi connectivity index (χ0) is 14.4. The van der Waals surface area contributed by atoms with E-state index in [0.717, 1.165) is 24.4 Å². The van der Waals surface area contributed by atoms with Crippen molar-refractivity contribution in [2.24, 2.45) is 11.3 Å². The number of carbonyl (C=O) groups is 1. The molecule has 4 rings (SSSR count). The molecule has 2 fully saturated rings. The maximum atomic E-state index is 10.9. The molecular weight excluding hydrogens is 266 g/mol. The van der Waals surface area contributed by atoms with E-state index in [1.54, 1.807) is 6.07 Å². The van der Waals surface area contributed by atoms with Crippen LogP contribution in [-0.4, -0.2) is 17.6 Å². The maximum absolute atomic E-state index is 10.9. The van der Waals surface area contributed by atoms with E-state index in [4.69, 9.17) is 9.52 Å². The van der Waals surface area contributed by atoms with Crippen LogP contribution in [0.2, 0.25) is 0 Å². The van der Waals surface area contributed by atoms with Crippen molar-refractivity contribution in [2.45, 2.75) is 32.2 Å². The quantitative estimate of drug-likeness (QED) is 0.853. The van der Waals surface area contributed by atoms with Crippen molar-refractivity contribution < 1.29 is 14.3 Å². The molecule has 0 atom stereocenters. The van der Waals surface area contributed by atoms with E-state index < -0.39 is 5.97 Å². The van der Waals surface area contributed by atoms with Crippen molar-refractivity contribution in [3.63, 3.8) is 0 Å². The Morgan fingerprint density at radius 1 is 1.33 bits per heavy atom. The molecule has 4 nitrogen and oxygen atoms in total. The lowest BCUT2D eigenvalue weighted by Gasteiger charge is -2.14. The Labute approximate surface area is 123 Å². The first kappa shape index (κ1) is 12.9. The second kappa shape index (κ2) is 4.60. The number of hydrogen-bond acceptors (Lipinski definition) is 3. The second-order valence-corrected chi connectivity index (χ2v) is 6.53. The van der Waals surface area contributed by atoms with Gasteiger partial charge in [-0.15, -0.1) is 0 Å². The molecule has 0 amide bonds. The van der Waals surface area contributed by atoms with Crippen molar-refractivity contribution in [2.75, 3.05) is 6.54 Å². The van der Waals surface area contributed by atoms with Gasteiger partial charge in [0.25, 0.3) is 0 Å². The van der Waals surface area contributed by atoms with Crippen LogP contribution in [0.3, 0.4) is 0 Å². The third-order valence-corrected chi connectivity index (χ3v) is 4.93. The predicted octanol–water partition coefficient (Wildman–Crippen LogP) is 3.41. The zero-order valence-electron chi connectivity index (χ0n) is 11.9. The molecular formula is C17H19NO3. The van der Waals surface area contributed by atoms with Crippen LogP contribution in [0.1, 0.15) is 41.8 Å². The minimum absolute atomic E-state index is 0.000718. The van der Waals surface area contributed by atoms with E-state index in [-0.39, 0.29) is 5.76 Å². The van der Waals surface area contributed by atoms with Crippen LogP contribution in [0.25, 0.3) is 11.0 Å². The Morgan fingerprint density at radius 2 is 2.14 bits per heavy atom. The number of hydrogen-bond donors (Lipinski definition) is 2. The number of benzene rings is 1. The molecule has 0 spiro atoms. The minimum Gasteiger partial charge on any atom is -0.475 e. The Kier molecular flexibility index (Phi) is 2.82. The van der Waals surface area contributed by atoms with E-state index >= 15 is 0 Å². The molecule has 110 valence electrons. The third kappa shape index (κ3) is 2.44. The molecule has 2 N–H and O–H groups in total. The highest BCUT2D eigenvalue weighted by Crippen LogP contribution is 2.60. The van der Waals surface area contributed by atoms with Crippen molar-refractivity contribution in [1.82, 2.24) is 5.32 Å². The van der Waals surface area contributed by atoms with Crippen LogP contribution < -0.4 is 5.32 Å². The molecule has 0 radical (unpaired) electrons. The van der Waals surface area contributed by atoms with Gasteiger partial charge in [0.05, 0.1) is 0 Å². The van der Waals surface area contributed by atoms with Gasteiger partial charge in [0, 0.05) is 18.5 Å². The van der Waals surface area contributed by atoms with E-state index in [2.05, 4.69) is 5.32 Å². The van der Waals surface area contributed by atoms with Crippen LogP contribution in [0, 0.1) is 11.3 Å². The average Bonchev–Trinajstić information content (AvgIpc) is 3.35. The highest BCUT2D eigenvalue weighted by molar-refractivity contribution is 5.91. The van der Waals surface area contributed by atoms with E-state index in [1.807, 2.05) is 18.2 Å². The number of fused-ring (bicyclic) bond motifs is 1. The molecule has 1 aromatic heterocycles. The van der Waals surface area contributed by atoms with E-state index in [1.165, 1.54) is 31.2 Å². The van der Waals surface area contributed by atoms with Crippen LogP contribution >= 0.6 is 0 Å². The lowest BCUT2D eigenvalue weighted by Crippen LogP contribution is -2.24. The molecule has 4 heteroatoms.